The van der Waals surface area contributed by atoms with Gasteiger partial charge in [0.05, 0.1) is 0 Å². The minimum absolute atomic E-state index is 0. The fourth-order valence-electron chi connectivity index (χ4n) is 3.53. The smallest absolute Gasteiger partial charge is 0.129 e. The van der Waals surface area contributed by atoms with Crippen LogP contribution in [0.2, 0.25) is 0 Å². The SMILES string of the molecule is CC1CCC(C)CC1.Cc1cc(F)c(C)c(F)c1.Cc1ccc(C)c(F)c1.Cc1ccc(C)cc1.[HH]. The van der Waals surface area contributed by atoms with E-state index in [-0.39, 0.29) is 12.8 Å². The van der Waals surface area contributed by atoms with Crippen molar-refractivity contribution in [2.45, 2.75) is 81.1 Å². The van der Waals surface area contributed by atoms with Gasteiger partial charge < -0.3 is 0 Å². The molecular weight excluding hydrogens is 441 g/mol. The molecule has 0 amide bonds. The molecule has 3 heteroatoms. The van der Waals surface area contributed by atoms with Crippen molar-refractivity contribution in [2.75, 3.05) is 0 Å². The van der Waals surface area contributed by atoms with Crippen LogP contribution in [-0.4, -0.2) is 0 Å². The maximum Gasteiger partial charge on any atom is 0.129 e. The van der Waals surface area contributed by atoms with Gasteiger partial charge >= 0.3 is 0 Å². The van der Waals surface area contributed by atoms with Crippen molar-refractivity contribution in [1.82, 2.24) is 0 Å². The molecule has 0 saturated heterocycles. The van der Waals surface area contributed by atoms with Crippen molar-refractivity contribution >= 4 is 0 Å². The Morgan fingerprint density at radius 3 is 1.20 bits per heavy atom. The first kappa shape index (κ1) is 30.5. The van der Waals surface area contributed by atoms with Crippen LogP contribution in [0.3, 0.4) is 0 Å². The molecule has 194 valence electrons. The Balaban J connectivity index is 0.000000451. The fraction of sp³-hybridized carbons (Fsp3) is 0.438. The van der Waals surface area contributed by atoms with Gasteiger partial charge in [0, 0.05) is 6.99 Å². The summed E-state index contributed by atoms with van der Waals surface area (Å²) in [4.78, 5) is 0. The van der Waals surface area contributed by atoms with E-state index in [1.165, 1.54) is 61.9 Å². The monoisotopic (exact) mass is 486 g/mol. The lowest BCUT2D eigenvalue weighted by atomic mass is 9.84. The second-order valence-electron chi connectivity index (χ2n) is 10.1. The van der Waals surface area contributed by atoms with Gasteiger partial charge in [0.1, 0.15) is 17.5 Å². The molecule has 0 atom stereocenters. The topological polar surface area (TPSA) is 0 Å². The number of benzene rings is 3. The molecule has 1 fully saturated rings. The van der Waals surface area contributed by atoms with Crippen molar-refractivity contribution in [2.24, 2.45) is 11.8 Å². The van der Waals surface area contributed by atoms with Gasteiger partial charge in [0.15, 0.2) is 0 Å². The molecule has 1 aliphatic rings. The number of hydrogen-bond donors (Lipinski definition) is 0. The van der Waals surface area contributed by atoms with Crippen LogP contribution in [0.15, 0.2) is 54.6 Å². The van der Waals surface area contributed by atoms with Crippen LogP contribution in [0, 0.1) is 70.8 Å². The second kappa shape index (κ2) is 15.4. The number of halogens is 3. The van der Waals surface area contributed by atoms with Crippen molar-refractivity contribution < 1.29 is 14.6 Å². The van der Waals surface area contributed by atoms with E-state index in [9.17, 15) is 13.2 Å². The Hall–Kier alpha value is -2.55. The zero-order chi connectivity index (χ0) is 26.5. The van der Waals surface area contributed by atoms with Gasteiger partial charge in [0.2, 0.25) is 0 Å². The molecular formula is C32H45F3. The van der Waals surface area contributed by atoms with Crippen molar-refractivity contribution in [3.63, 3.8) is 0 Å². The van der Waals surface area contributed by atoms with Crippen LogP contribution in [0.25, 0.3) is 0 Å². The molecule has 3 aromatic rings. The summed E-state index contributed by atoms with van der Waals surface area (Å²) >= 11 is 0. The second-order valence-corrected chi connectivity index (χ2v) is 10.1. The standard InChI is InChI=1S/C8H8F2.C8H9F.C8H16.C8H10.H2/c1-5-3-7(9)6(2)8(10)4-5;1-6-3-4-7(2)8(9)5-6;2*1-7-3-5-8(2)6-4-7;/h3-4H,1-2H3;3-5H,1-2H3;7-8H,3-6H2,1-2H3;3-6H,1-2H3;1H. The van der Waals surface area contributed by atoms with E-state index in [4.69, 9.17) is 0 Å². The molecule has 0 unspecified atom stereocenters. The Kier molecular flexibility index (Phi) is 13.5. The van der Waals surface area contributed by atoms with Gasteiger partial charge in [-0.1, -0.05) is 87.1 Å². The Morgan fingerprint density at radius 1 is 0.514 bits per heavy atom. The first-order valence-electron chi connectivity index (χ1n) is 12.6. The van der Waals surface area contributed by atoms with E-state index >= 15 is 0 Å². The van der Waals surface area contributed by atoms with Gasteiger partial charge in [-0.05, 0) is 88.3 Å². The Labute approximate surface area is 213 Å². The highest BCUT2D eigenvalue weighted by Gasteiger charge is 2.13. The van der Waals surface area contributed by atoms with Gasteiger partial charge in [-0.25, -0.2) is 13.2 Å². The largest absolute Gasteiger partial charge is 0.207 e. The maximum atomic E-state index is 12.6. The zero-order valence-corrected chi connectivity index (χ0v) is 22.8. The molecule has 1 saturated carbocycles. The molecule has 0 spiro atoms. The highest BCUT2D eigenvalue weighted by Crippen LogP contribution is 2.27. The number of rotatable bonds is 0. The summed E-state index contributed by atoms with van der Waals surface area (Å²) in [7, 11) is 0. The van der Waals surface area contributed by atoms with E-state index in [0.29, 0.717) is 11.1 Å². The molecule has 0 aliphatic heterocycles. The van der Waals surface area contributed by atoms with Crippen LogP contribution in [0.4, 0.5) is 13.2 Å². The van der Waals surface area contributed by atoms with E-state index in [1.807, 2.05) is 13.0 Å². The summed E-state index contributed by atoms with van der Waals surface area (Å²) in [6.45, 7) is 15.6. The zero-order valence-electron chi connectivity index (χ0n) is 22.8. The Morgan fingerprint density at radius 2 is 0.857 bits per heavy atom. The quantitative estimate of drug-likeness (QED) is 0.296. The van der Waals surface area contributed by atoms with Crippen molar-refractivity contribution in [1.29, 1.82) is 0 Å². The van der Waals surface area contributed by atoms with E-state index in [2.05, 4.69) is 52.0 Å². The normalized spacial score (nSPS) is 16.5. The summed E-state index contributed by atoms with van der Waals surface area (Å²) in [6.07, 6.45) is 5.89. The molecule has 1 aliphatic carbocycles. The summed E-state index contributed by atoms with van der Waals surface area (Å²) in [5.74, 6) is 0.974. The predicted octanol–water partition coefficient (Wildman–Crippen LogP) is 10.4. The molecule has 4 rings (SSSR count). The molecule has 0 N–H and O–H groups in total. The highest BCUT2D eigenvalue weighted by atomic mass is 19.1. The van der Waals surface area contributed by atoms with Crippen molar-refractivity contribution in [3.8, 4) is 0 Å². The summed E-state index contributed by atoms with van der Waals surface area (Å²) < 4.78 is 37.8. The van der Waals surface area contributed by atoms with Crippen LogP contribution in [-0.2, 0) is 0 Å². The van der Waals surface area contributed by atoms with E-state index in [1.54, 1.807) is 19.9 Å². The molecule has 0 bridgehead atoms. The highest BCUT2D eigenvalue weighted by molar-refractivity contribution is 5.24. The third-order valence-electron chi connectivity index (χ3n) is 6.28. The van der Waals surface area contributed by atoms with Crippen molar-refractivity contribution in [3.05, 3.63) is 105 Å². The minimum atomic E-state index is -0.475. The lowest BCUT2D eigenvalue weighted by molar-refractivity contribution is 0.308. The van der Waals surface area contributed by atoms with Gasteiger partial charge in [-0.15, -0.1) is 0 Å². The summed E-state index contributed by atoms with van der Waals surface area (Å²) in [5.41, 5.74) is 5.04. The van der Waals surface area contributed by atoms with Crippen LogP contribution >= 0.6 is 0 Å². The van der Waals surface area contributed by atoms with Gasteiger partial charge in [-0.2, -0.15) is 0 Å². The molecule has 0 radical (unpaired) electrons. The molecule has 0 heterocycles. The maximum absolute atomic E-state index is 12.6. The van der Waals surface area contributed by atoms with Crippen LogP contribution in [0.1, 0.15) is 74.3 Å². The molecule has 35 heavy (non-hydrogen) atoms. The van der Waals surface area contributed by atoms with Crippen LogP contribution < -0.4 is 0 Å². The first-order valence-corrected chi connectivity index (χ1v) is 12.6. The average Bonchev–Trinajstić information content (AvgIpc) is 2.80. The predicted molar refractivity (Wildman–Crippen MR) is 147 cm³/mol. The third-order valence-corrected chi connectivity index (χ3v) is 6.28. The number of aryl methyl sites for hydroxylation is 5. The molecule has 0 aromatic heterocycles. The average molecular weight is 487 g/mol. The van der Waals surface area contributed by atoms with E-state index < -0.39 is 11.6 Å². The third kappa shape index (κ3) is 12.6. The lowest BCUT2D eigenvalue weighted by Crippen LogP contribution is -2.08. The van der Waals surface area contributed by atoms with Gasteiger partial charge in [-0.3, -0.25) is 0 Å². The van der Waals surface area contributed by atoms with Gasteiger partial charge in [0.25, 0.3) is 0 Å². The summed E-state index contributed by atoms with van der Waals surface area (Å²) in [6, 6.07) is 16.3. The summed E-state index contributed by atoms with van der Waals surface area (Å²) in [5, 5.41) is 0. The molecule has 3 aromatic carbocycles. The first-order chi connectivity index (χ1) is 16.4. The Bertz CT molecular complexity index is 966. The van der Waals surface area contributed by atoms with Crippen LogP contribution in [0.5, 0.6) is 0 Å². The van der Waals surface area contributed by atoms with E-state index in [0.717, 1.165) is 17.4 Å². The number of hydrogen-bond acceptors (Lipinski definition) is 0. The lowest BCUT2D eigenvalue weighted by Gasteiger charge is -2.22. The molecule has 0 nitrogen and oxygen atoms in total. The fourth-order valence-corrected chi connectivity index (χ4v) is 3.53. The minimum Gasteiger partial charge on any atom is -0.207 e.